The first kappa shape index (κ1) is 22.0. The van der Waals surface area contributed by atoms with Gasteiger partial charge in [0.2, 0.25) is 0 Å². The molecule has 3 aromatic rings. The number of carbonyl (C=O) groups excluding carboxylic acids is 1. The first-order valence-electron chi connectivity index (χ1n) is 10.5. The van der Waals surface area contributed by atoms with Crippen LogP contribution >= 0.6 is 11.3 Å². The van der Waals surface area contributed by atoms with Gasteiger partial charge in [0.25, 0.3) is 5.69 Å². The van der Waals surface area contributed by atoms with Crippen molar-refractivity contribution in [3.8, 4) is 22.4 Å². The van der Waals surface area contributed by atoms with Gasteiger partial charge in [0.15, 0.2) is 0 Å². The molecule has 0 spiro atoms. The average Bonchev–Trinajstić information content (AvgIpc) is 3.24. The number of nitrogens with zero attached hydrogens (tertiary/aromatic N) is 2. The van der Waals surface area contributed by atoms with Crippen molar-refractivity contribution >= 4 is 23.1 Å². The summed E-state index contributed by atoms with van der Waals surface area (Å²) in [6.07, 6.45) is 3.60. The normalized spacial score (nSPS) is 15.0. The highest BCUT2D eigenvalue weighted by Gasteiger charge is 2.41. The molecule has 0 unspecified atom stereocenters. The van der Waals surface area contributed by atoms with Gasteiger partial charge < -0.3 is 10.1 Å². The van der Waals surface area contributed by atoms with Gasteiger partial charge in [0.05, 0.1) is 16.2 Å². The summed E-state index contributed by atoms with van der Waals surface area (Å²) in [4.78, 5) is 27.6. The van der Waals surface area contributed by atoms with Crippen LogP contribution in [-0.4, -0.2) is 21.6 Å². The van der Waals surface area contributed by atoms with Crippen LogP contribution < -0.4 is 5.32 Å². The van der Waals surface area contributed by atoms with Crippen LogP contribution in [0.4, 0.5) is 10.5 Å². The molecule has 2 aromatic heterocycles. The number of rotatable bonds is 5. The van der Waals surface area contributed by atoms with E-state index in [0.717, 1.165) is 41.5 Å². The third-order valence-electron chi connectivity index (χ3n) is 5.57. The van der Waals surface area contributed by atoms with Crippen molar-refractivity contribution in [1.82, 2.24) is 10.3 Å². The second-order valence-electron chi connectivity index (χ2n) is 9.00. The fourth-order valence-corrected chi connectivity index (χ4v) is 4.54. The molecule has 1 N–H and O–H groups in total. The second kappa shape index (κ2) is 8.35. The van der Waals surface area contributed by atoms with Crippen molar-refractivity contribution in [1.29, 1.82) is 0 Å². The fourth-order valence-electron chi connectivity index (χ4n) is 3.88. The number of hydrogen-bond acceptors (Lipinski definition) is 6. The van der Waals surface area contributed by atoms with Gasteiger partial charge in [0, 0.05) is 17.2 Å². The number of benzene rings is 1. The van der Waals surface area contributed by atoms with E-state index in [1.54, 1.807) is 6.07 Å². The summed E-state index contributed by atoms with van der Waals surface area (Å²) in [5.74, 6) is 0. The number of nitro groups is 1. The van der Waals surface area contributed by atoms with Gasteiger partial charge in [-0.2, -0.15) is 11.3 Å². The SMILES string of the molecule is CC(C)(C)OC(=O)NC1(c2ccc(-c3ncc([N+](=O)[O-])cc3-c3ccsc3)cc2)CCC1. The summed E-state index contributed by atoms with van der Waals surface area (Å²) in [6, 6.07) is 11.4. The zero-order chi connectivity index (χ0) is 22.9. The van der Waals surface area contributed by atoms with Gasteiger partial charge in [-0.3, -0.25) is 10.1 Å². The maximum absolute atomic E-state index is 12.4. The Bertz CT molecular complexity index is 1130. The average molecular weight is 452 g/mol. The molecule has 1 aliphatic rings. The number of ether oxygens (including phenoxy) is 1. The summed E-state index contributed by atoms with van der Waals surface area (Å²) >= 11 is 1.53. The van der Waals surface area contributed by atoms with Crippen molar-refractivity contribution in [2.24, 2.45) is 0 Å². The number of nitrogens with one attached hydrogen (secondary N) is 1. The van der Waals surface area contributed by atoms with Gasteiger partial charge in [-0.05, 0) is 68.0 Å². The lowest BCUT2D eigenvalue weighted by atomic mass is 9.71. The van der Waals surface area contributed by atoms with Gasteiger partial charge in [-0.1, -0.05) is 24.3 Å². The number of amides is 1. The highest BCUT2D eigenvalue weighted by atomic mass is 32.1. The summed E-state index contributed by atoms with van der Waals surface area (Å²) in [6.45, 7) is 5.53. The molecule has 4 rings (SSSR count). The largest absolute Gasteiger partial charge is 0.444 e. The number of aromatic nitrogens is 1. The van der Waals surface area contributed by atoms with E-state index in [-0.39, 0.29) is 5.69 Å². The van der Waals surface area contributed by atoms with E-state index >= 15 is 0 Å². The number of alkyl carbamates (subject to hydrolysis) is 1. The van der Waals surface area contributed by atoms with E-state index in [1.807, 2.05) is 61.9 Å². The molecule has 1 aromatic carbocycles. The van der Waals surface area contributed by atoms with Crippen LogP contribution in [0, 0.1) is 10.1 Å². The van der Waals surface area contributed by atoms with Crippen LogP contribution in [0.15, 0.2) is 53.4 Å². The van der Waals surface area contributed by atoms with Crippen molar-refractivity contribution in [2.75, 3.05) is 0 Å². The molecule has 7 nitrogen and oxygen atoms in total. The van der Waals surface area contributed by atoms with Crippen LogP contribution in [0.1, 0.15) is 45.6 Å². The monoisotopic (exact) mass is 451 g/mol. The van der Waals surface area contributed by atoms with Gasteiger partial charge >= 0.3 is 6.09 Å². The van der Waals surface area contributed by atoms with Crippen LogP contribution in [0.3, 0.4) is 0 Å². The van der Waals surface area contributed by atoms with Crippen LogP contribution in [0.5, 0.6) is 0 Å². The van der Waals surface area contributed by atoms with E-state index in [9.17, 15) is 14.9 Å². The Kier molecular flexibility index (Phi) is 5.73. The van der Waals surface area contributed by atoms with Crippen LogP contribution in [0.2, 0.25) is 0 Å². The lowest BCUT2D eigenvalue weighted by molar-refractivity contribution is -0.385. The van der Waals surface area contributed by atoms with Gasteiger partial charge in [-0.15, -0.1) is 0 Å². The molecular formula is C24H25N3O4S. The minimum atomic E-state index is -0.557. The molecule has 166 valence electrons. The number of pyridine rings is 1. The van der Waals surface area contributed by atoms with Crippen LogP contribution in [0.25, 0.3) is 22.4 Å². The molecule has 0 aliphatic heterocycles. The fraction of sp³-hybridized carbons (Fsp3) is 0.333. The van der Waals surface area contributed by atoms with Crippen molar-refractivity contribution in [3.05, 3.63) is 69.0 Å². The molecule has 32 heavy (non-hydrogen) atoms. The van der Waals surface area contributed by atoms with Gasteiger partial charge in [0.1, 0.15) is 11.8 Å². The number of thiophene rings is 1. The Morgan fingerprint density at radius 2 is 1.91 bits per heavy atom. The number of hydrogen-bond donors (Lipinski definition) is 1. The minimum Gasteiger partial charge on any atom is -0.444 e. The van der Waals surface area contributed by atoms with Crippen molar-refractivity contribution in [2.45, 2.75) is 51.2 Å². The highest BCUT2D eigenvalue weighted by Crippen LogP contribution is 2.42. The van der Waals surface area contributed by atoms with Crippen LogP contribution in [-0.2, 0) is 10.3 Å². The quantitative estimate of drug-likeness (QED) is 0.363. The Morgan fingerprint density at radius 1 is 1.19 bits per heavy atom. The van der Waals surface area contributed by atoms with E-state index in [1.165, 1.54) is 17.5 Å². The topological polar surface area (TPSA) is 94.4 Å². The molecule has 0 atom stereocenters. The first-order chi connectivity index (χ1) is 15.2. The molecule has 1 aliphatic carbocycles. The molecule has 8 heteroatoms. The maximum Gasteiger partial charge on any atom is 0.408 e. The van der Waals surface area contributed by atoms with E-state index in [0.29, 0.717) is 5.69 Å². The first-order valence-corrected chi connectivity index (χ1v) is 11.4. The molecule has 0 saturated heterocycles. The molecule has 1 fully saturated rings. The highest BCUT2D eigenvalue weighted by molar-refractivity contribution is 7.08. The zero-order valence-corrected chi connectivity index (χ0v) is 19.1. The van der Waals surface area contributed by atoms with Gasteiger partial charge in [-0.25, -0.2) is 9.78 Å². The van der Waals surface area contributed by atoms with E-state index < -0.39 is 22.2 Å². The molecule has 1 amide bonds. The maximum atomic E-state index is 12.4. The molecular weight excluding hydrogens is 426 g/mol. The predicted molar refractivity (Wildman–Crippen MR) is 125 cm³/mol. The molecule has 1 saturated carbocycles. The summed E-state index contributed by atoms with van der Waals surface area (Å²) in [5.41, 5.74) is 3.14. The molecule has 2 heterocycles. The third-order valence-corrected chi connectivity index (χ3v) is 6.26. The third kappa shape index (κ3) is 4.50. The lowest BCUT2D eigenvalue weighted by Gasteiger charge is -2.43. The lowest BCUT2D eigenvalue weighted by Crippen LogP contribution is -2.52. The van der Waals surface area contributed by atoms with Crippen molar-refractivity contribution in [3.63, 3.8) is 0 Å². The molecule has 0 bridgehead atoms. The summed E-state index contributed by atoms with van der Waals surface area (Å²) in [7, 11) is 0. The van der Waals surface area contributed by atoms with E-state index in [2.05, 4.69) is 10.3 Å². The second-order valence-corrected chi connectivity index (χ2v) is 9.78. The molecule has 0 radical (unpaired) electrons. The zero-order valence-electron chi connectivity index (χ0n) is 18.3. The Labute approximate surface area is 190 Å². The summed E-state index contributed by atoms with van der Waals surface area (Å²) in [5, 5.41) is 18.2. The van der Waals surface area contributed by atoms with Crippen molar-refractivity contribution < 1.29 is 14.5 Å². The Hall–Kier alpha value is -3.26. The summed E-state index contributed by atoms with van der Waals surface area (Å²) < 4.78 is 5.46. The number of carbonyl (C=O) groups is 1. The standard InChI is InChI=1S/C24H25N3O4S/c1-23(2,3)31-22(28)26-24(10-4-11-24)18-7-5-16(6-8-18)21-20(17-9-12-32-15-17)13-19(14-25-21)27(29)30/h5-9,12-15H,4,10-11H2,1-3H3,(H,26,28). The Morgan fingerprint density at radius 3 is 2.44 bits per heavy atom. The Balaban J connectivity index is 1.64. The predicted octanol–water partition coefficient (Wildman–Crippen LogP) is 6.29. The minimum absolute atomic E-state index is 0.0402. The van der Waals surface area contributed by atoms with E-state index in [4.69, 9.17) is 4.74 Å². The smallest absolute Gasteiger partial charge is 0.408 e.